The Morgan fingerprint density at radius 3 is 2.71 bits per heavy atom. The maximum atomic E-state index is 4.96. The molecule has 1 rings (SSSR count). The van der Waals surface area contributed by atoms with Crippen LogP contribution in [0.2, 0.25) is 0 Å². The molecule has 0 saturated carbocycles. The van der Waals surface area contributed by atoms with E-state index in [0.717, 1.165) is 19.1 Å². The van der Waals surface area contributed by atoms with Crippen LogP contribution < -0.4 is 0 Å². The molecule has 1 aliphatic rings. The van der Waals surface area contributed by atoms with Crippen molar-refractivity contribution in [2.45, 2.75) is 6.42 Å². The molecule has 0 N–H and O–H groups in total. The zero-order valence-corrected chi connectivity index (χ0v) is 4.44. The van der Waals surface area contributed by atoms with E-state index in [2.05, 4.69) is 0 Å². The molecule has 1 fully saturated rings. The molecule has 1 heterocycles. The van der Waals surface area contributed by atoms with Crippen molar-refractivity contribution in [1.82, 2.24) is 0 Å². The van der Waals surface area contributed by atoms with Crippen LogP contribution in [0.15, 0.2) is 0 Å². The molecule has 0 amide bonds. The van der Waals surface area contributed by atoms with E-state index >= 15 is 0 Å². The fourth-order valence-corrected chi connectivity index (χ4v) is 0.521. The van der Waals surface area contributed by atoms with Gasteiger partial charge in [0.1, 0.15) is 6.10 Å². The molecule has 0 aromatic heterocycles. The zero-order chi connectivity index (χ0) is 5.11. The Morgan fingerprint density at radius 1 is 1.86 bits per heavy atom. The summed E-state index contributed by atoms with van der Waals surface area (Å²) in [5, 5.41) is 0. The first-order valence-electron chi connectivity index (χ1n) is 2.40. The van der Waals surface area contributed by atoms with Crippen molar-refractivity contribution >= 4 is 0 Å². The SMILES string of the molecule is COC[C]1CCO1. The topological polar surface area (TPSA) is 18.5 Å². The summed E-state index contributed by atoms with van der Waals surface area (Å²) in [7, 11) is 1.68. The quantitative estimate of drug-likeness (QED) is 0.506. The largest absolute Gasteiger partial charge is 0.382 e. The second-order valence-electron chi connectivity index (χ2n) is 1.57. The van der Waals surface area contributed by atoms with Crippen LogP contribution in [-0.4, -0.2) is 20.3 Å². The predicted octanol–water partition coefficient (Wildman–Crippen LogP) is 0.585. The smallest absolute Gasteiger partial charge is 0.125 e. The van der Waals surface area contributed by atoms with Crippen LogP contribution in [0, 0.1) is 6.10 Å². The number of methoxy groups -OCH3 is 1. The van der Waals surface area contributed by atoms with E-state index < -0.39 is 0 Å². The maximum absolute atomic E-state index is 4.96. The Hall–Kier alpha value is -0.0800. The third kappa shape index (κ3) is 1.14. The summed E-state index contributed by atoms with van der Waals surface area (Å²) < 4.78 is 9.75. The second-order valence-corrected chi connectivity index (χ2v) is 1.57. The highest BCUT2D eigenvalue weighted by molar-refractivity contribution is 4.84. The van der Waals surface area contributed by atoms with Gasteiger partial charge in [-0.05, 0) is 0 Å². The summed E-state index contributed by atoms with van der Waals surface area (Å²) in [6.45, 7) is 1.57. The molecule has 0 bridgehead atoms. The van der Waals surface area contributed by atoms with Crippen molar-refractivity contribution in [2.75, 3.05) is 20.3 Å². The molecule has 1 saturated heterocycles. The molecule has 0 aromatic carbocycles. The summed E-state index contributed by atoms with van der Waals surface area (Å²) in [6, 6.07) is 0. The molecule has 0 aliphatic carbocycles. The van der Waals surface area contributed by atoms with Crippen LogP contribution in [0.3, 0.4) is 0 Å². The number of hydrogen-bond donors (Lipinski definition) is 0. The van der Waals surface area contributed by atoms with Crippen molar-refractivity contribution in [1.29, 1.82) is 0 Å². The fourth-order valence-electron chi connectivity index (χ4n) is 0.521. The maximum Gasteiger partial charge on any atom is 0.125 e. The normalized spacial score (nSPS) is 21.9. The lowest BCUT2D eigenvalue weighted by Crippen LogP contribution is -2.22. The molecule has 1 radical (unpaired) electrons. The molecule has 0 unspecified atom stereocenters. The Morgan fingerprint density at radius 2 is 2.57 bits per heavy atom. The molecule has 0 aromatic rings. The number of rotatable bonds is 2. The van der Waals surface area contributed by atoms with Gasteiger partial charge >= 0.3 is 0 Å². The minimum atomic E-state index is 0.681. The first kappa shape index (κ1) is 5.06. The van der Waals surface area contributed by atoms with Gasteiger partial charge in [0, 0.05) is 13.5 Å². The van der Waals surface area contributed by atoms with Crippen molar-refractivity contribution in [2.24, 2.45) is 0 Å². The Balaban J connectivity index is 1.93. The van der Waals surface area contributed by atoms with Crippen LogP contribution in [0.1, 0.15) is 6.42 Å². The summed E-state index contributed by atoms with van der Waals surface area (Å²) in [6.07, 6.45) is 2.18. The van der Waals surface area contributed by atoms with Gasteiger partial charge in [-0.3, -0.25) is 0 Å². The molecule has 41 valence electrons. The van der Waals surface area contributed by atoms with Crippen LogP contribution in [0.5, 0.6) is 0 Å². The van der Waals surface area contributed by atoms with E-state index in [1.54, 1.807) is 7.11 Å². The van der Waals surface area contributed by atoms with Gasteiger partial charge in [0.25, 0.3) is 0 Å². The van der Waals surface area contributed by atoms with Crippen LogP contribution in [0.4, 0.5) is 0 Å². The molecule has 1 aliphatic heterocycles. The van der Waals surface area contributed by atoms with Gasteiger partial charge in [-0.15, -0.1) is 0 Å². The molecule has 0 atom stereocenters. The van der Waals surface area contributed by atoms with Crippen molar-refractivity contribution in [3.8, 4) is 0 Å². The Kier molecular flexibility index (Phi) is 1.65. The molecule has 2 nitrogen and oxygen atoms in total. The third-order valence-corrected chi connectivity index (χ3v) is 0.992. The minimum absolute atomic E-state index is 0.681. The third-order valence-electron chi connectivity index (χ3n) is 0.992. The lowest BCUT2D eigenvalue weighted by Gasteiger charge is -2.23. The van der Waals surface area contributed by atoms with Gasteiger partial charge in [0.15, 0.2) is 0 Å². The first-order valence-corrected chi connectivity index (χ1v) is 2.40. The van der Waals surface area contributed by atoms with Crippen LogP contribution in [0.25, 0.3) is 0 Å². The van der Waals surface area contributed by atoms with E-state index in [9.17, 15) is 0 Å². The van der Waals surface area contributed by atoms with Gasteiger partial charge in [-0.1, -0.05) is 0 Å². The predicted molar refractivity (Wildman–Crippen MR) is 25.7 cm³/mol. The van der Waals surface area contributed by atoms with E-state index in [1.807, 2.05) is 0 Å². The van der Waals surface area contributed by atoms with Crippen molar-refractivity contribution in [3.63, 3.8) is 0 Å². The van der Waals surface area contributed by atoms with E-state index in [1.165, 1.54) is 0 Å². The van der Waals surface area contributed by atoms with Crippen LogP contribution >= 0.6 is 0 Å². The molecular weight excluding hydrogens is 92.1 g/mol. The first-order chi connectivity index (χ1) is 3.43. The summed E-state index contributed by atoms with van der Waals surface area (Å²) in [5.41, 5.74) is 0. The molecule has 7 heavy (non-hydrogen) atoms. The summed E-state index contributed by atoms with van der Waals surface area (Å²) in [4.78, 5) is 0. The average molecular weight is 101 g/mol. The summed E-state index contributed by atoms with van der Waals surface area (Å²) in [5.74, 6) is 0. The molecular formula is C5H9O2. The van der Waals surface area contributed by atoms with E-state index in [0.29, 0.717) is 6.61 Å². The minimum Gasteiger partial charge on any atom is -0.382 e. The zero-order valence-electron chi connectivity index (χ0n) is 4.44. The van der Waals surface area contributed by atoms with Gasteiger partial charge < -0.3 is 9.47 Å². The highest BCUT2D eigenvalue weighted by Crippen LogP contribution is 2.18. The van der Waals surface area contributed by atoms with E-state index in [4.69, 9.17) is 9.47 Å². The Labute approximate surface area is 43.4 Å². The highest BCUT2D eigenvalue weighted by atomic mass is 16.5. The van der Waals surface area contributed by atoms with Gasteiger partial charge in [-0.2, -0.15) is 0 Å². The fraction of sp³-hybridized carbons (Fsp3) is 0.800. The van der Waals surface area contributed by atoms with E-state index in [-0.39, 0.29) is 0 Å². The van der Waals surface area contributed by atoms with Gasteiger partial charge in [-0.25, -0.2) is 0 Å². The molecule has 2 heteroatoms. The van der Waals surface area contributed by atoms with Crippen molar-refractivity contribution < 1.29 is 9.47 Å². The highest BCUT2D eigenvalue weighted by Gasteiger charge is 2.18. The Bertz CT molecular complexity index is 50.0. The number of hydrogen-bond acceptors (Lipinski definition) is 2. The monoisotopic (exact) mass is 101 g/mol. The number of ether oxygens (including phenoxy) is 2. The summed E-state index contributed by atoms with van der Waals surface area (Å²) >= 11 is 0. The standard InChI is InChI=1S/C5H9O2/c1-6-4-5-2-3-7-5/h2-4H2,1H3. The average Bonchev–Trinajstić information content (AvgIpc) is 1.55. The molecule has 0 spiro atoms. The van der Waals surface area contributed by atoms with Crippen molar-refractivity contribution in [3.05, 3.63) is 6.10 Å². The van der Waals surface area contributed by atoms with Gasteiger partial charge in [0.2, 0.25) is 0 Å². The second kappa shape index (κ2) is 2.28. The van der Waals surface area contributed by atoms with Gasteiger partial charge in [0.05, 0.1) is 13.2 Å². The van der Waals surface area contributed by atoms with Crippen LogP contribution in [-0.2, 0) is 9.47 Å². The lowest BCUT2D eigenvalue weighted by atomic mass is 10.2. The lowest BCUT2D eigenvalue weighted by molar-refractivity contribution is -0.00303.